The topological polar surface area (TPSA) is 88.5 Å². The minimum atomic E-state index is -0.852. The number of nitrogens with one attached hydrogen (secondary N) is 1. The first kappa shape index (κ1) is 18.9. The number of amides is 1. The van der Waals surface area contributed by atoms with E-state index in [9.17, 15) is 14.7 Å². The van der Waals surface area contributed by atoms with Crippen molar-refractivity contribution in [1.29, 1.82) is 0 Å². The van der Waals surface area contributed by atoms with Crippen LogP contribution in [0, 0.1) is 5.41 Å². The Morgan fingerprint density at radius 1 is 1.11 bits per heavy atom. The van der Waals surface area contributed by atoms with Gasteiger partial charge in [0.25, 0.3) is 5.91 Å². The standard InChI is InChI=1S/C21H24N2O4/c1-27-18-7-5-15(6-8-18)16-11-17(13-22-12-16)19(24)23-14-21(20(25)26)9-3-2-4-10-21/h5-8,11-13H,2-4,9-10,14H2,1H3,(H,23,24)(H,25,26). The predicted molar refractivity (Wildman–Crippen MR) is 102 cm³/mol. The van der Waals surface area contributed by atoms with Crippen LogP contribution in [0.1, 0.15) is 42.5 Å². The van der Waals surface area contributed by atoms with E-state index in [4.69, 9.17) is 4.74 Å². The van der Waals surface area contributed by atoms with Gasteiger partial charge in [0.2, 0.25) is 0 Å². The second kappa shape index (κ2) is 8.20. The molecule has 1 aliphatic carbocycles. The minimum absolute atomic E-state index is 0.147. The second-order valence-electron chi connectivity index (χ2n) is 7.02. The normalized spacial score (nSPS) is 15.7. The van der Waals surface area contributed by atoms with Gasteiger partial charge in [-0.1, -0.05) is 31.4 Å². The Labute approximate surface area is 158 Å². The maximum Gasteiger partial charge on any atom is 0.311 e. The molecule has 1 amide bonds. The van der Waals surface area contributed by atoms with E-state index in [2.05, 4.69) is 10.3 Å². The van der Waals surface area contributed by atoms with Crippen LogP contribution in [0.25, 0.3) is 11.1 Å². The Kier molecular flexibility index (Phi) is 5.74. The molecule has 2 aromatic rings. The largest absolute Gasteiger partial charge is 0.497 e. The number of rotatable bonds is 6. The molecule has 0 atom stereocenters. The molecule has 0 spiro atoms. The van der Waals surface area contributed by atoms with Crippen LogP contribution in [0.5, 0.6) is 5.75 Å². The lowest BCUT2D eigenvalue weighted by molar-refractivity contribution is -0.150. The number of methoxy groups -OCH3 is 1. The zero-order valence-electron chi connectivity index (χ0n) is 15.4. The monoisotopic (exact) mass is 368 g/mol. The summed E-state index contributed by atoms with van der Waals surface area (Å²) >= 11 is 0. The summed E-state index contributed by atoms with van der Waals surface area (Å²) in [5, 5.41) is 12.4. The van der Waals surface area contributed by atoms with E-state index in [1.165, 1.54) is 6.20 Å². The van der Waals surface area contributed by atoms with Crippen LogP contribution in [0.15, 0.2) is 42.7 Å². The van der Waals surface area contributed by atoms with Gasteiger partial charge in [-0.05, 0) is 36.6 Å². The van der Waals surface area contributed by atoms with Gasteiger partial charge < -0.3 is 15.2 Å². The van der Waals surface area contributed by atoms with E-state index in [0.717, 1.165) is 36.1 Å². The van der Waals surface area contributed by atoms with Gasteiger partial charge in [-0.25, -0.2) is 0 Å². The summed E-state index contributed by atoms with van der Waals surface area (Å²) in [6.07, 6.45) is 7.22. The fraction of sp³-hybridized carbons (Fsp3) is 0.381. The molecule has 1 aromatic heterocycles. The lowest BCUT2D eigenvalue weighted by Gasteiger charge is -2.33. The molecule has 0 aliphatic heterocycles. The van der Waals surface area contributed by atoms with Crippen LogP contribution in [-0.2, 0) is 4.79 Å². The summed E-state index contributed by atoms with van der Waals surface area (Å²) in [4.78, 5) is 28.5. The van der Waals surface area contributed by atoms with Crippen molar-refractivity contribution in [3.8, 4) is 16.9 Å². The number of hydrogen-bond acceptors (Lipinski definition) is 4. The van der Waals surface area contributed by atoms with Crippen LogP contribution >= 0.6 is 0 Å². The highest BCUT2D eigenvalue weighted by molar-refractivity contribution is 5.95. The molecule has 142 valence electrons. The molecular weight excluding hydrogens is 344 g/mol. The number of pyridine rings is 1. The van der Waals surface area contributed by atoms with Crippen molar-refractivity contribution in [3.63, 3.8) is 0 Å². The highest BCUT2D eigenvalue weighted by Crippen LogP contribution is 2.36. The van der Waals surface area contributed by atoms with Crippen molar-refractivity contribution >= 4 is 11.9 Å². The smallest absolute Gasteiger partial charge is 0.311 e. The highest BCUT2D eigenvalue weighted by atomic mass is 16.5. The van der Waals surface area contributed by atoms with Gasteiger partial charge >= 0.3 is 5.97 Å². The van der Waals surface area contributed by atoms with E-state index in [-0.39, 0.29) is 12.5 Å². The molecule has 1 fully saturated rings. The van der Waals surface area contributed by atoms with Gasteiger partial charge in [0, 0.05) is 24.5 Å². The van der Waals surface area contributed by atoms with Crippen LogP contribution in [0.4, 0.5) is 0 Å². The summed E-state index contributed by atoms with van der Waals surface area (Å²) in [5.74, 6) is -0.372. The Hall–Kier alpha value is -2.89. The number of carbonyl (C=O) groups is 2. The fourth-order valence-electron chi connectivity index (χ4n) is 3.55. The summed E-state index contributed by atoms with van der Waals surface area (Å²) < 4.78 is 5.16. The average molecular weight is 368 g/mol. The van der Waals surface area contributed by atoms with Crippen LogP contribution < -0.4 is 10.1 Å². The number of carboxylic acid groups (broad SMARTS) is 1. The Balaban J connectivity index is 1.72. The van der Waals surface area contributed by atoms with E-state index in [1.807, 2.05) is 24.3 Å². The molecule has 0 unspecified atom stereocenters. The van der Waals surface area contributed by atoms with E-state index >= 15 is 0 Å². The van der Waals surface area contributed by atoms with E-state index in [1.54, 1.807) is 19.4 Å². The third kappa shape index (κ3) is 4.27. The van der Waals surface area contributed by atoms with E-state index in [0.29, 0.717) is 18.4 Å². The SMILES string of the molecule is COc1ccc(-c2cncc(C(=O)NCC3(C(=O)O)CCCCC3)c2)cc1. The number of benzene rings is 1. The van der Waals surface area contributed by atoms with Crippen molar-refractivity contribution < 1.29 is 19.4 Å². The molecule has 0 radical (unpaired) electrons. The molecule has 27 heavy (non-hydrogen) atoms. The molecule has 3 rings (SSSR count). The zero-order valence-corrected chi connectivity index (χ0v) is 15.4. The van der Waals surface area contributed by atoms with Gasteiger partial charge in [-0.3, -0.25) is 14.6 Å². The molecule has 2 N–H and O–H groups in total. The highest BCUT2D eigenvalue weighted by Gasteiger charge is 2.39. The first-order chi connectivity index (χ1) is 13.0. The summed E-state index contributed by atoms with van der Waals surface area (Å²) in [7, 11) is 1.61. The maximum absolute atomic E-state index is 12.6. The molecule has 0 bridgehead atoms. The number of nitrogens with zero attached hydrogens (tertiary/aromatic N) is 1. The first-order valence-corrected chi connectivity index (χ1v) is 9.15. The minimum Gasteiger partial charge on any atom is -0.497 e. The van der Waals surface area contributed by atoms with Crippen molar-refractivity contribution in [3.05, 3.63) is 48.3 Å². The zero-order chi connectivity index (χ0) is 19.3. The average Bonchev–Trinajstić information content (AvgIpc) is 2.72. The molecule has 6 nitrogen and oxygen atoms in total. The number of aromatic nitrogens is 1. The van der Waals surface area contributed by atoms with E-state index < -0.39 is 11.4 Å². The van der Waals surface area contributed by atoms with Gasteiger partial charge in [0.05, 0.1) is 18.1 Å². The van der Waals surface area contributed by atoms with Gasteiger partial charge in [0.15, 0.2) is 0 Å². The third-order valence-electron chi connectivity index (χ3n) is 5.28. The Morgan fingerprint density at radius 2 is 1.81 bits per heavy atom. The quantitative estimate of drug-likeness (QED) is 0.814. The number of aliphatic carboxylic acids is 1. The van der Waals surface area contributed by atoms with Gasteiger partial charge in [-0.15, -0.1) is 0 Å². The van der Waals surface area contributed by atoms with Crippen LogP contribution in [0.3, 0.4) is 0 Å². The van der Waals surface area contributed by atoms with Crippen LogP contribution in [-0.4, -0.2) is 35.6 Å². The molecule has 6 heteroatoms. The Bertz CT molecular complexity index is 811. The lowest BCUT2D eigenvalue weighted by Crippen LogP contribution is -2.44. The molecular formula is C21H24N2O4. The molecule has 1 saturated carbocycles. The van der Waals surface area contributed by atoms with Crippen molar-refractivity contribution in [2.45, 2.75) is 32.1 Å². The second-order valence-corrected chi connectivity index (χ2v) is 7.02. The summed E-state index contributed by atoms with van der Waals surface area (Å²) in [6.45, 7) is 0.147. The van der Waals surface area contributed by atoms with Crippen molar-refractivity contribution in [1.82, 2.24) is 10.3 Å². The van der Waals surface area contributed by atoms with Crippen LogP contribution in [0.2, 0.25) is 0 Å². The molecule has 1 aliphatic rings. The molecule has 0 saturated heterocycles. The number of ether oxygens (including phenoxy) is 1. The predicted octanol–water partition coefficient (Wildman–Crippen LogP) is 3.52. The molecule has 1 aromatic carbocycles. The fourth-order valence-corrected chi connectivity index (χ4v) is 3.55. The maximum atomic E-state index is 12.6. The summed E-state index contributed by atoms with van der Waals surface area (Å²) in [5.41, 5.74) is 1.30. The molecule has 1 heterocycles. The third-order valence-corrected chi connectivity index (χ3v) is 5.28. The number of carbonyl (C=O) groups excluding carboxylic acids is 1. The number of hydrogen-bond donors (Lipinski definition) is 2. The van der Waals surface area contributed by atoms with Crippen molar-refractivity contribution in [2.75, 3.05) is 13.7 Å². The summed E-state index contributed by atoms with van der Waals surface area (Å²) in [6, 6.07) is 9.26. The van der Waals surface area contributed by atoms with Crippen molar-refractivity contribution in [2.24, 2.45) is 5.41 Å². The Morgan fingerprint density at radius 3 is 2.44 bits per heavy atom. The lowest BCUT2D eigenvalue weighted by atomic mass is 9.74. The number of carboxylic acids is 1. The van der Waals surface area contributed by atoms with Gasteiger partial charge in [0.1, 0.15) is 5.75 Å². The van der Waals surface area contributed by atoms with Gasteiger partial charge in [-0.2, -0.15) is 0 Å². The first-order valence-electron chi connectivity index (χ1n) is 9.15.